The van der Waals surface area contributed by atoms with Crippen molar-refractivity contribution in [1.29, 1.82) is 0 Å². The molecule has 0 fully saturated rings. The number of hydrogen-bond acceptors (Lipinski definition) is 6. The summed E-state index contributed by atoms with van der Waals surface area (Å²) in [4.78, 5) is 39.9. The lowest BCUT2D eigenvalue weighted by Gasteiger charge is -2.21. The van der Waals surface area contributed by atoms with Gasteiger partial charge in [0.05, 0.1) is 40.4 Å². The third-order valence-electron chi connectivity index (χ3n) is 5.64. The van der Waals surface area contributed by atoms with Crippen LogP contribution in [0.5, 0.6) is 0 Å². The van der Waals surface area contributed by atoms with Crippen LogP contribution in [-0.2, 0) is 13.6 Å². The lowest BCUT2D eigenvalue weighted by atomic mass is 10.1. The van der Waals surface area contributed by atoms with Gasteiger partial charge in [-0.15, -0.1) is 0 Å². The number of furan rings is 1. The van der Waals surface area contributed by atoms with Gasteiger partial charge >= 0.3 is 0 Å². The standard InChI is InChI=1S/C24H22N6O3/c1-4-30(13-20-25-17-9-6-5-8-15(17)23(31)27-20)24(32)16-12-18(19-10-7-11-33-19)26-22-21(16)14(2)28-29(22)3/h5-12H,4,13H2,1-3H3,(H,25,27,31). The molecule has 4 heterocycles. The second kappa shape index (κ2) is 8.01. The van der Waals surface area contributed by atoms with Gasteiger partial charge in [-0.2, -0.15) is 5.10 Å². The molecular weight excluding hydrogens is 420 g/mol. The van der Waals surface area contributed by atoms with Crippen LogP contribution in [0.2, 0.25) is 0 Å². The number of carbonyl (C=O) groups excluding carboxylic acids is 1. The molecule has 33 heavy (non-hydrogen) atoms. The number of nitrogens with zero attached hydrogens (tertiary/aromatic N) is 5. The zero-order valence-corrected chi connectivity index (χ0v) is 18.5. The van der Waals surface area contributed by atoms with Gasteiger partial charge in [0.15, 0.2) is 11.4 Å². The Morgan fingerprint density at radius 1 is 1.18 bits per heavy atom. The topological polar surface area (TPSA) is 110 Å². The molecule has 0 aliphatic carbocycles. The maximum absolute atomic E-state index is 13.7. The van der Waals surface area contributed by atoms with Gasteiger partial charge in [-0.1, -0.05) is 12.1 Å². The first-order chi connectivity index (χ1) is 16.0. The molecule has 5 rings (SSSR count). The summed E-state index contributed by atoms with van der Waals surface area (Å²) in [7, 11) is 1.80. The van der Waals surface area contributed by atoms with Crippen molar-refractivity contribution in [2.75, 3.05) is 6.54 Å². The van der Waals surface area contributed by atoms with Crippen LogP contribution in [0.25, 0.3) is 33.4 Å². The minimum atomic E-state index is -0.228. The first-order valence-corrected chi connectivity index (χ1v) is 10.6. The van der Waals surface area contributed by atoms with Crippen molar-refractivity contribution >= 4 is 27.8 Å². The van der Waals surface area contributed by atoms with Crippen LogP contribution in [0.4, 0.5) is 0 Å². The molecule has 9 nitrogen and oxygen atoms in total. The molecule has 0 saturated carbocycles. The van der Waals surface area contributed by atoms with Crippen LogP contribution in [0.1, 0.15) is 28.8 Å². The number of fused-ring (bicyclic) bond motifs is 2. The molecule has 0 aliphatic rings. The number of hydrogen-bond donors (Lipinski definition) is 1. The predicted octanol–water partition coefficient (Wildman–Crippen LogP) is 3.44. The number of nitrogens with one attached hydrogen (secondary N) is 1. The second-order valence-electron chi connectivity index (χ2n) is 7.79. The molecule has 0 saturated heterocycles. The van der Waals surface area contributed by atoms with Crippen LogP contribution >= 0.6 is 0 Å². The number of aromatic nitrogens is 5. The van der Waals surface area contributed by atoms with E-state index in [1.807, 2.05) is 19.9 Å². The molecule has 1 amide bonds. The van der Waals surface area contributed by atoms with Crippen molar-refractivity contribution in [3.05, 3.63) is 76.2 Å². The van der Waals surface area contributed by atoms with Crippen molar-refractivity contribution in [3.63, 3.8) is 0 Å². The summed E-state index contributed by atoms with van der Waals surface area (Å²) in [6.07, 6.45) is 1.57. The van der Waals surface area contributed by atoms with E-state index in [0.717, 1.165) is 0 Å². The van der Waals surface area contributed by atoms with E-state index in [9.17, 15) is 9.59 Å². The second-order valence-corrected chi connectivity index (χ2v) is 7.79. The molecule has 5 aromatic rings. The molecule has 0 unspecified atom stereocenters. The SMILES string of the molecule is CCN(Cc1nc2ccccc2c(=O)[nH]1)C(=O)c1cc(-c2ccco2)nc2c1c(C)nn2C. The number of pyridine rings is 1. The summed E-state index contributed by atoms with van der Waals surface area (Å²) >= 11 is 0. The van der Waals surface area contributed by atoms with Crippen molar-refractivity contribution in [3.8, 4) is 11.5 Å². The molecular formula is C24H22N6O3. The van der Waals surface area contributed by atoms with Gasteiger partial charge in [0.25, 0.3) is 11.5 Å². The van der Waals surface area contributed by atoms with Crippen molar-refractivity contribution in [1.82, 2.24) is 29.6 Å². The van der Waals surface area contributed by atoms with Crippen LogP contribution in [-0.4, -0.2) is 42.1 Å². The Kier molecular flexibility index (Phi) is 5.01. The first-order valence-electron chi connectivity index (χ1n) is 10.6. The Balaban J connectivity index is 1.59. The Morgan fingerprint density at radius 2 is 2.00 bits per heavy atom. The van der Waals surface area contributed by atoms with Crippen molar-refractivity contribution in [2.24, 2.45) is 7.05 Å². The zero-order chi connectivity index (χ0) is 23.1. The van der Waals surface area contributed by atoms with Gasteiger partial charge in [-0.3, -0.25) is 14.3 Å². The molecule has 4 aromatic heterocycles. The summed E-state index contributed by atoms with van der Waals surface area (Å²) in [6, 6.07) is 12.4. The van der Waals surface area contributed by atoms with E-state index in [4.69, 9.17) is 4.42 Å². The van der Waals surface area contributed by atoms with Crippen LogP contribution < -0.4 is 5.56 Å². The number of aryl methyl sites for hydroxylation is 2. The van der Waals surface area contributed by atoms with E-state index >= 15 is 0 Å². The number of H-pyrrole nitrogens is 1. The Labute approximate surface area is 188 Å². The number of para-hydroxylation sites is 1. The molecule has 1 aromatic carbocycles. The molecule has 9 heteroatoms. The lowest BCUT2D eigenvalue weighted by molar-refractivity contribution is 0.0750. The monoisotopic (exact) mass is 442 g/mol. The lowest BCUT2D eigenvalue weighted by Crippen LogP contribution is -2.32. The van der Waals surface area contributed by atoms with Crippen molar-refractivity contribution in [2.45, 2.75) is 20.4 Å². The van der Waals surface area contributed by atoms with Gasteiger partial charge in [0.2, 0.25) is 0 Å². The highest BCUT2D eigenvalue weighted by Crippen LogP contribution is 2.28. The molecule has 0 spiro atoms. The third-order valence-corrected chi connectivity index (χ3v) is 5.64. The Morgan fingerprint density at radius 3 is 2.76 bits per heavy atom. The third kappa shape index (κ3) is 3.57. The molecule has 1 N–H and O–H groups in total. The Bertz CT molecular complexity index is 1550. The zero-order valence-electron chi connectivity index (χ0n) is 18.5. The molecule has 166 valence electrons. The van der Waals surface area contributed by atoms with Gasteiger partial charge in [0, 0.05) is 13.6 Å². The van der Waals surface area contributed by atoms with Crippen LogP contribution in [0.3, 0.4) is 0 Å². The molecule has 0 radical (unpaired) electrons. The minimum Gasteiger partial charge on any atom is -0.463 e. The molecule has 0 atom stereocenters. The summed E-state index contributed by atoms with van der Waals surface area (Å²) in [5.74, 6) is 0.784. The van der Waals surface area contributed by atoms with E-state index in [2.05, 4.69) is 20.1 Å². The number of amides is 1. The van der Waals surface area contributed by atoms with Crippen molar-refractivity contribution < 1.29 is 9.21 Å². The average molecular weight is 442 g/mol. The normalized spacial score (nSPS) is 11.4. The Hall–Kier alpha value is -4.27. The molecule has 0 bridgehead atoms. The molecule has 0 aliphatic heterocycles. The smallest absolute Gasteiger partial charge is 0.258 e. The number of aromatic amines is 1. The summed E-state index contributed by atoms with van der Waals surface area (Å²) < 4.78 is 7.18. The largest absolute Gasteiger partial charge is 0.463 e. The highest BCUT2D eigenvalue weighted by Gasteiger charge is 2.24. The first kappa shape index (κ1) is 20.6. The van der Waals surface area contributed by atoms with Gasteiger partial charge < -0.3 is 14.3 Å². The number of rotatable bonds is 5. The average Bonchev–Trinajstić information content (AvgIpc) is 3.45. The summed E-state index contributed by atoms with van der Waals surface area (Å²) in [6.45, 7) is 4.33. The van der Waals surface area contributed by atoms with E-state index in [0.29, 0.717) is 57.0 Å². The van der Waals surface area contributed by atoms with Gasteiger partial charge in [0.1, 0.15) is 11.5 Å². The van der Waals surface area contributed by atoms with Crippen LogP contribution in [0.15, 0.2) is 57.9 Å². The predicted molar refractivity (Wildman–Crippen MR) is 124 cm³/mol. The maximum Gasteiger partial charge on any atom is 0.258 e. The van der Waals surface area contributed by atoms with Crippen LogP contribution in [0, 0.1) is 6.92 Å². The number of benzene rings is 1. The quantitative estimate of drug-likeness (QED) is 0.447. The highest BCUT2D eigenvalue weighted by molar-refractivity contribution is 6.07. The maximum atomic E-state index is 13.7. The van der Waals surface area contributed by atoms with E-state index in [1.165, 1.54) is 0 Å². The number of carbonyl (C=O) groups is 1. The van der Waals surface area contributed by atoms with E-state index in [-0.39, 0.29) is 18.0 Å². The van der Waals surface area contributed by atoms with Gasteiger partial charge in [-0.25, -0.2) is 9.97 Å². The summed E-state index contributed by atoms with van der Waals surface area (Å²) in [5.41, 5.74) is 2.69. The fourth-order valence-corrected chi connectivity index (χ4v) is 4.05. The van der Waals surface area contributed by atoms with Gasteiger partial charge in [-0.05, 0) is 44.2 Å². The highest BCUT2D eigenvalue weighted by atomic mass is 16.3. The minimum absolute atomic E-state index is 0.161. The van der Waals surface area contributed by atoms with E-state index in [1.54, 1.807) is 59.3 Å². The fraction of sp³-hybridized carbons (Fsp3) is 0.208. The summed E-state index contributed by atoms with van der Waals surface area (Å²) in [5, 5.41) is 5.67. The van der Waals surface area contributed by atoms with E-state index < -0.39 is 0 Å². The fourth-order valence-electron chi connectivity index (χ4n) is 4.05.